The van der Waals surface area contributed by atoms with Crippen LogP contribution in [0.25, 0.3) is 0 Å². The molecule has 2 atom stereocenters. The van der Waals surface area contributed by atoms with E-state index in [0.717, 1.165) is 0 Å². The number of anilines is 1. The molecule has 0 radical (unpaired) electrons. The number of methoxy groups -OCH3 is 1. The van der Waals surface area contributed by atoms with Crippen LogP contribution in [0.5, 0.6) is 5.75 Å². The van der Waals surface area contributed by atoms with Crippen LogP contribution in [-0.4, -0.2) is 41.5 Å². The number of rotatable bonds is 5. The summed E-state index contributed by atoms with van der Waals surface area (Å²) in [6, 6.07) is 2.39. The maximum atomic E-state index is 11.7. The molecule has 4 N–H and O–H groups in total. The first kappa shape index (κ1) is 16.1. The van der Waals surface area contributed by atoms with Crippen molar-refractivity contribution in [1.82, 2.24) is 5.32 Å². The second kappa shape index (κ2) is 6.97. The summed E-state index contributed by atoms with van der Waals surface area (Å²) in [5, 5.41) is 23.1. The number of carboxylic acids is 1. The van der Waals surface area contributed by atoms with Gasteiger partial charge in [0.1, 0.15) is 5.75 Å². The summed E-state index contributed by atoms with van der Waals surface area (Å²) < 4.78 is 5.03. The molecule has 0 bridgehead atoms. The summed E-state index contributed by atoms with van der Waals surface area (Å²) in [6.07, 6.45) is -1.24. The number of urea groups is 1. The number of aliphatic hydroxyl groups is 1. The topological polar surface area (TPSA) is 108 Å². The number of amides is 2. The smallest absolute Gasteiger partial charge is 0.328 e. The van der Waals surface area contributed by atoms with Crippen molar-refractivity contribution in [3.05, 3.63) is 23.2 Å². The molecular weight excluding hydrogens is 288 g/mol. The van der Waals surface area contributed by atoms with E-state index < -0.39 is 24.1 Å². The number of aliphatic carboxylic acids is 1. The number of carboxylic acid groups (broad SMARTS) is 1. The lowest BCUT2D eigenvalue weighted by Gasteiger charge is -2.18. The van der Waals surface area contributed by atoms with E-state index in [1.807, 2.05) is 0 Å². The molecule has 0 aliphatic heterocycles. The number of carbonyl (C=O) groups is 2. The highest BCUT2D eigenvalue weighted by molar-refractivity contribution is 6.31. The zero-order valence-electron chi connectivity index (χ0n) is 10.9. The van der Waals surface area contributed by atoms with E-state index in [2.05, 4.69) is 10.6 Å². The summed E-state index contributed by atoms with van der Waals surface area (Å²) in [7, 11) is 1.42. The Morgan fingerprint density at radius 2 is 2.05 bits per heavy atom. The number of benzene rings is 1. The normalized spacial score (nSPS) is 13.2. The lowest BCUT2D eigenvalue weighted by atomic mass is 10.2. The molecule has 0 spiro atoms. The monoisotopic (exact) mass is 302 g/mol. The maximum absolute atomic E-state index is 11.7. The van der Waals surface area contributed by atoms with Gasteiger partial charge in [0.25, 0.3) is 0 Å². The van der Waals surface area contributed by atoms with Gasteiger partial charge in [-0.15, -0.1) is 0 Å². The molecule has 0 aromatic heterocycles. The van der Waals surface area contributed by atoms with Crippen LogP contribution in [0.2, 0.25) is 5.02 Å². The third-order valence-corrected chi connectivity index (χ3v) is 2.68. The van der Waals surface area contributed by atoms with Crippen LogP contribution in [0, 0.1) is 0 Å². The molecule has 2 amide bonds. The van der Waals surface area contributed by atoms with E-state index in [-0.39, 0.29) is 5.69 Å². The van der Waals surface area contributed by atoms with Crippen LogP contribution in [-0.2, 0) is 4.79 Å². The fourth-order valence-corrected chi connectivity index (χ4v) is 1.64. The van der Waals surface area contributed by atoms with Crippen molar-refractivity contribution in [3.8, 4) is 5.75 Å². The standard InChI is InChI=1S/C12H15ClN2O5/c1-6(16)10(11(17)18)15-12(19)14-8-5-7(13)3-4-9(8)20-2/h3-6,10,16H,1-2H3,(H,17,18)(H2,14,15,19)/t6-,10+/m1/s1. The highest BCUT2D eigenvalue weighted by Gasteiger charge is 2.25. The average molecular weight is 303 g/mol. The highest BCUT2D eigenvalue weighted by Crippen LogP contribution is 2.27. The van der Waals surface area contributed by atoms with E-state index in [1.165, 1.54) is 20.1 Å². The fraction of sp³-hybridized carbons (Fsp3) is 0.333. The van der Waals surface area contributed by atoms with E-state index in [1.54, 1.807) is 12.1 Å². The molecule has 0 saturated heterocycles. The van der Waals surface area contributed by atoms with E-state index in [4.69, 9.17) is 21.4 Å². The Balaban J connectivity index is 2.80. The van der Waals surface area contributed by atoms with Crippen molar-refractivity contribution in [2.45, 2.75) is 19.1 Å². The molecule has 110 valence electrons. The molecule has 20 heavy (non-hydrogen) atoms. The van der Waals surface area contributed by atoms with Crippen LogP contribution < -0.4 is 15.4 Å². The Morgan fingerprint density at radius 3 is 2.55 bits per heavy atom. The van der Waals surface area contributed by atoms with Gasteiger partial charge < -0.3 is 25.6 Å². The van der Waals surface area contributed by atoms with Crippen molar-refractivity contribution in [1.29, 1.82) is 0 Å². The van der Waals surface area contributed by atoms with Crippen molar-refractivity contribution in [3.63, 3.8) is 0 Å². The quantitative estimate of drug-likeness (QED) is 0.656. The van der Waals surface area contributed by atoms with Crippen LogP contribution in [0.3, 0.4) is 0 Å². The number of nitrogens with one attached hydrogen (secondary N) is 2. The zero-order chi connectivity index (χ0) is 15.3. The number of hydrogen-bond acceptors (Lipinski definition) is 4. The number of hydrogen-bond donors (Lipinski definition) is 4. The molecule has 1 rings (SSSR count). The molecule has 1 aromatic rings. The van der Waals surface area contributed by atoms with E-state index in [9.17, 15) is 14.7 Å². The third-order valence-electron chi connectivity index (χ3n) is 2.44. The van der Waals surface area contributed by atoms with Crippen LogP contribution >= 0.6 is 11.6 Å². The van der Waals surface area contributed by atoms with Gasteiger partial charge in [-0.3, -0.25) is 0 Å². The molecule has 0 aliphatic rings. The summed E-state index contributed by atoms with van der Waals surface area (Å²) in [5.41, 5.74) is 0.284. The van der Waals surface area contributed by atoms with Gasteiger partial charge in [0.15, 0.2) is 6.04 Å². The molecule has 1 aromatic carbocycles. The summed E-state index contributed by atoms with van der Waals surface area (Å²) in [4.78, 5) is 22.6. The lowest BCUT2D eigenvalue weighted by molar-refractivity contribution is -0.141. The minimum Gasteiger partial charge on any atom is -0.495 e. The van der Waals surface area contributed by atoms with E-state index in [0.29, 0.717) is 10.8 Å². The van der Waals surface area contributed by atoms with Gasteiger partial charge in [-0.1, -0.05) is 11.6 Å². The Morgan fingerprint density at radius 1 is 1.40 bits per heavy atom. The summed E-state index contributed by atoms with van der Waals surface area (Å²) in [6.45, 7) is 1.26. The van der Waals surface area contributed by atoms with Gasteiger partial charge in [0.05, 0.1) is 18.9 Å². The minimum atomic E-state index is -1.42. The van der Waals surface area contributed by atoms with Gasteiger partial charge in [-0.2, -0.15) is 0 Å². The number of aliphatic hydroxyl groups excluding tert-OH is 1. The molecule has 0 saturated carbocycles. The minimum absolute atomic E-state index is 0.284. The number of ether oxygens (including phenoxy) is 1. The van der Waals surface area contributed by atoms with Gasteiger partial charge in [0, 0.05) is 5.02 Å². The van der Waals surface area contributed by atoms with Gasteiger partial charge in [0.2, 0.25) is 0 Å². The van der Waals surface area contributed by atoms with Crippen LogP contribution in [0.4, 0.5) is 10.5 Å². The predicted octanol–water partition coefficient (Wildman–Crippen LogP) is 1.30. The number of carbonyl (C=O) groups excluding carboxylic acids is 1. The second-order valence-corrected chi connectivity index (χ2v) is 4.44. The van der Waals surface area contributed by atoms with Gasteiger partial charge >= 0.3 is 12.0 Å². The average Bonchev–Trinajstić information content (AvgIpc) is 2.35. The van der Waals surface area contributed by atoms with Crippen molar-refractivity contribution >= 4 is 29.3 Å². The molecule has 0 unspecified atom stereocenters. The van der Waals surface area contributed by atoms with Crippen molar-refractivity contribution in [2.75, 3.05) is 12.4 Å². The SMILES string of the molecule is COc1ccc(Cl)cc1NC(=O)N[C@H](C(=O)O)[C@@H](C)O. The largest absolute Gasteiger partial charge is 0.495 e. The Labute approximate surface area is 120 Å². The molecule has 0 fully saturated rings. The molecular formula is C12H15ClN2O5. The summed E-state index contributed by atoms with van der Waals surface area (Å²) >= 11 is 5.80. The van der Waals surface area contributed by atoms with Gasteiger partial charge in [-0.25, -0.2) is 9.59 Å². The highest BCUT2D eigenvalue weighted by atomic mass is 35.5. The molecule has 0 heterocycles. The van der Waals surface area contributed by atoms with Gasteiger partial charge in [-0.05, 0) is 25.1 Å². The lowest BCUT2D eigenvalue weighted by Crippen LogP contribution is -2.49. The molecule has 8 heteroatoms. The van der Waals surface area contributed by atoms with Crippen molar-refractivity contribution in [2.24, 2.45) is 0 Å². The first-order valence-electron chi connectivity index (χ1n) is 5.67. The molecule has 7 nitrogen and oxygen atoms in total. The third kappa shape index (κ3) is 4.29. The van der Waals surface area contributed by atoms with Crippen LogP contribution in [0.15, 0.2) is 18.2 Å². The summed E-state index contributed by atoms with van der Waals surface area (Å²) in [5.74, 6) is -0.971. The Hall–Kier alpha value is -1.99. The Bertz CT molecular complexity index is 507. The molecule has 0 aliphatic carbocycles. The number of halogens is 1. The first-order chi connectivity index (χ1) is 9.35. The Kier molecular flexibility index (Phi) is 5.60. The maximum Gasteiger partial charge on any atom is 0.328 e. The van der Waals surface area contributed by atoms with Crippen molar-refractivity contribution < 1.29 is 24.5 Å². The first-order valence-corrected chi connectivity index (χ1v) is 6.05. The second-order valence-electron chi connectivity index (χ2n) is 4.00. The zero-order valence-corrected chi connectivity index (χ0v) is 11.6. The predicted molar refractivity (Wildman–Crippen MR) is 73.3 cm³/mol. The van der Waals surface area contributed by atoms with Crippen LogP contribution in [0.1, 0.15) is 6.92 Å². The van der Waals surface area contributed by atoms with E-state index >= 15 is 0 Å². The fourth-order valence-electron chi connectivity index (χ4n) is 1.47.